The van der Waals surface area contributed by atoms with Crippen LogP contribution in [0, 0.1) is 0 Å². The number of carbonyl (C=O) groups excluding carboxylic acids is 2. The number of pyridine rings is 1. The Labute approximate surface area is 190 Å². The molecule has 0 bridgehead atoms. The molecule has 0 spiro atoms. The molecule has 0 saturated heterocycles. The molecule has 0 atom stereocenters. The molecule has 10 nitrogen and oxygen atoms in total. The first-order valence-corrected chi connectivity index (χ1v) is 10.8. The van der Waals surface area contributed by atoms with Crippen LogP contribution in [-0.2, 0) is 4.79 Å². The molecule has 4 aromatic rings. The molecule has 0 fully saturated rings. The van der Waals surface area contributed by atoms with E-state index in [0.717, 1.165) is 11.8 Å². The van der Waals surface area contributed by atoms with Gasteiger partial charge < -0.3 is 30.1 Å². The van der Waals surface area contributed by atoms with E-state index in [2.05, 4.69) is 25.6 Å². The van der Waals surface area contributed by atoms with Crippen molar-refractivity contribution in [3.8, 4) is 11.5 Å². The van der Waals surface area contributed by atoms with Crippen LogP contribution in [0.1, 0.15) is 10.4 Å². The van der Waals surface area contributed by atoms with E-state index in [4.69, 9.17) is 9.47 Å². The Morgan fingerprint density at radius 1 is 0.970 bits per heavy atom. The Morgan fingerprint density at radius 2 is 1.76 bits per heavy atom. The first-order chi connectivity index (χ1) is 16.0. The number of anilines is 2. The maximum absolute atomic E-state index is 12.8. The average molecular weight is 463 g/mol. The summed E-state index contributed by atoms with van der Waals surface area (Å²) in [5, 5.41) is 6.01. The number of hydrogen-bond donors (Lipinski definition) is 4. The third-order valence-electron chi connectivity index (χ3n) is 4.79. The highest BCUT2D eigenvalue weighted by Crippen LogP contribution is 2.34. The van der Waals surface area contributed by atoms with E-state index in [1.807, 2.05) is 0 Å². The number of benzene rings is 2. The number of ether oxygens (including phenoxy) is 2. The summed E-state index contributed by atoms with van der Waals surface area (Å²) in [6.45, 7) is 0.157. The van der Waals surface area contributed by atoms with Crippen LogP contribution in [0.5, 0.6) is 11.5 Å². The van der Waals surface area contributed by atoms with Gasteiger partial charge in [-0.05, 0) is 42.5 Å². The van der Waals surface area contributed by atoms with Crippen LogP contribution < -0.4 is 25.8 Å². The van der Waals surface area contributed by atoms with E-state index in [9.17, 15) is 14.4 Å². The number of H-pyrrole nitrogens is 2. The molecule has 11 heteroatoms. The molecule has 1 aliphatic heterocycles. The first-order valence-electron chi connectivity index (χ1n) is 9.86. The molecule has 2 amide bonds. The summed E-state index contributed by atoms with van der Waals surface area (Å²) in [4.78, 5) is 46.3. The van der Waals surface area contributed by atoms with Gasteiger partial charge in [0.2, 0.25) is 12.7 Å². The zero-order chi connectivity index (χ0) is 22.8. The maximum atomic E-state index is 12.8. The number of nitrogens with one attached hydrogen (secondary N) is 4. The molecular formula is C22H17N5O5S. The maximum Gasteiger partial charge on any atom is 0.323 e. The van der Waals surface area contributed by atoms with Crippen LogP contribution in [0.3, 0.4) is 0 Å². The Kier molecular flexibility index (Phi) is 5.45. The number of carbonyl (C=O) groups is 2. The smallest absolute Gasteiger partial charge is 0.323 e. The molecule has 166 valence electrons. The average Bonchev–Trinajstić information content (AvgIpc) is 3.42. The van der Waals surface area contributed by atoms with Gasteiger partial charge in [0, 0.05) is 23.6 Å². The van der Waals surface area contributed by atoms with Crippen LogP contribution in [0.4, 0.5) is 11.4 Å². The lowest BCUT2D eigenvalue weighted by molar-refractivity contribution is -0.113. The van der Waals surface area contributed by atoms with Gasteiger partial charge in [0.15, 0.2) is 11.5 Å². The standard InChI is InChI=1S/C22H17N5O5S/c28-19(24-13-4-6-17-18(9-13)32-11-31-17)10-33-21-14(2-1-7-23-21)20(29)25-12-3-5-15-16(8-12)27-22(30)26-15/h1-9H,10-11H2,(H,24,28)(H,25,29)(H2,26,27,30). The molecular weight excluding hydrogens is 446 g/mol. The molecule has 1 aliphatic rings. The zero-order valence-corrected chi connectivity index (χ0v) is 17.8. The summed E-state index contributed by atoms with van der Waals surface area (Å²) < 4.78 is 10.6. The molecule has 0 unspecified atom stereocenters. The van der Waals surface area contributed by atoms with Crippen LogP contribution in [-0.4, -0.2) is 39.3 Å². The minimum absolute atomic E-state index is 0.0578. The Bertz CT molecular complexity index is 1430. The topological polar surface area (TPSA) is 138 Å². The van der Waals surface area contributed by atoms with Crippen molar-refractivity contribution in [1.29, 1.82) is 0 Å². The number of aromatic amines is 2. The highest BCUT2D eigenvalue weighted by atomic mass is 32.2. The molecule has 0 radical (unpaired) electrons. The predicted molar refractivity (Wildman–Crippen MR) is 123 cm³/mol. The summed E-state index contributed by atoms with van der Waals surface area (Å²) >= 11 is 1.15. The van der Waals surface area contributed by atoms with Crippen LogP contribution in [0.2, 0.25) is 0 Å². The third kappa shape index (κ3) is 4.53. The van der Waals surface area contributed by atoms with Gasteiger partial charge in [-0.3, -0.25) is 9.59 Å². The minimum atomic E-state index is -0.376. The molecule has 4 N–H and O–H groups in total. The summed E-state index contributed by atoms with van der Waals surface area (Å²) in [5.41, 5.74) is 2.34. The zero-order valence-electron chi connectivity index (χ0n) is 17.0. The largest absolute Gasteiger partial charge is 0.454 e. The van der Waals surface area contributed by atoms with E-state index >= 15 is 0 Å². The number of hydrogen-bond acceptors (Lipinski definition) is 7. The van der Waals surface area contributed by atoms with Gasteiger partial charge in [-0.1, -0.05) is 11.8 Å². The summed E-state index contributed by atoms with van der Waals surface area (Å²) in [5.74, 6) is 0.638. The van der Waals surface area contributed by atoms with Crippen LogP contribution >= 0.6 is 11.8 Å². The van der Waals surface area contributed by atoms with Gasteiger partial charge in [0.1, 0.15) is 5.03 Å². The van der Waals surface area contributed by atoms with Crippen LogP contribution in [0.15, 0.2) is 64.5 Å². The number of aromatic nitrogens is 3. The first kappa shape index (κ1) is 20.6. The molecule has 3 heterocycles. The lowest BCUT2D eigenvalue weighted by Crippen LogP contribution is -2.16. The van der Waals surface area contributed by atoms with Crippen molar-refractivity contribution < 1.29 is 19.1 Å². The molecule has 2 aromatic carbocycles. The van der Waals surface area contributed by atoms with E-state index in [1.165, 1.54) is 0 Å². The fraction of sp³-hybridized carbons (Fsp3) is 0.0909. The number of thioether (sulfide) groups is 1. The van der Waals surface area contributed by atoms with Gasteiger partial charge in [-0.15, -0.1) is 0 Å². The summed E-state index contributed by atoms with van der Waals surface area (Å²) in [6.07, 6.45) is 1.56. The van der Waals surface area contributed by atoms with Crippen molar-refractivity contribution in [3.05, 3.63) is 70.8 Å². The number of amides is 2. The van der Waals surface area contributed by atoms with Crippen molar-refractivity contribution in [2.75, 3.05) is 23.2 Å². The number of nitrogens with zero attached hydrogens (tertiary/aromatic N) is 1. The number of rotatable bonds is 6. The summed E-state index contributed by atoms with van der Waals surface area (Å²) in [7, 11) is 0. The predicted octanol–water partition coefficient (Wildman–Crippen LogP) is 2.96. The number of fused-ring (bicyclic) bond motifs is 2. The Morgan fingerprint density at radius 3 is 2.67 bits per heavy atom. The molecule has 33 heavy (non-hydrogen) atoms. The van der Waals surface area contributed by atoms with Gasteiger partial charge in [0.25, 0.3) is 5.91 Å². The van der Waals surface area contributed by atoms with Gasteiger partial charge in [0.05, 0.1) is 22.3 Å². The second kappa shape index (κ2) is 8.71. The normalized spacial score (nSPS) is 12.0. The fourth-order valence-corrected chi connectivity index (χ4v) is 4.08. The van der Waals surface area contributed by atoms with E-state index in [-0.39, 0.29) is 30.0 Å². The van der Waals surface area contributed by atoms with E-state index in [0.29, 0.717) is 44.5 Å². The van der Waals surface area contributed by atoms with Crippen LogP contribution in [0.25, 0.3) is 11.0 Å². The molecule has 2 aromatic heterocycles. The number of imidazole rings is 1. The van der Waals surface area contributed by atoms with Crippen molar-refractivity contribution in [2.45, 2.75) is 5.03 Å². The van der Waals surface area contributed by atoms with Crippen molar-refractivity contribution >= 4 is 46.0 Å². The summed E-state index contributed by atoms with van der Waals surface area (Å²) in [6, 6.07) is 13.5. The third-order valence-corrected chi connectivity index (χ3v) is 5.79. The highest BCUT2D eigenvalue weighted by molar-refractivity contribution is 8.00. The van der Waals surface area contributed by atoms with Gasteiger partial charge in [-0.2, -0.15) is 0 Å². The van der Waals surface area contributed by atoms with Crippen molar-refractivity contribution in [2.24, 2.45) is 0 Å². The van der Waals surface area contributed by atoms with Gasteiger partial charge >= 0.3 is 5.69 Å². The SMILES string of the molecule is O=C(CSc1ncccc1C(=O)Nc1ccc2[nH]c(=O)[nH]c2c1)Nc1ccc2c(c1)OCO2. The quantitative estimate of drug-likeness (QED) is 0.323. The Balaban J connectivity index is 1.24. The second-order valence-corrected chi connectivity index (χ2v) is 8.02. The highest BCUT2D eigenvalue weighted by Gasteiger charge is 2.17. The fourth-order valence-electron chi connectivity index (χ4n) is 3.29. The van der Waals surface area contributed by atoms with E-state index in [1.54, 1.807) is 54.7 Å². The molecule has 0 saturated carbocycles. The lowest BCUT2D eigenvalue weighted by atomic mass is 10.2. The van der Waals surface area contributed by atoms with E-state index < -0.39 is 0 Å². The molecule has 0 aliphatic carbocycles. The Hall–Kier alpha value is -4.25. The molecule has 5 rings (SSSR count). The minimum Gasteiger partial charge on any atom is -0.454 e. The van der Waals surface area contributed by atoms with Crippen molar-refractivity contribution in [1.82, 2.24) is 15.0 Å². The van der Waals surface area contributed by atoms with Gasteiger partial charge in [-0.25, -0.2) is 9.78 Å². The lowest BCUT2D eigenvalue weighted by Gasteiger charge is -2.10. The monoisotopic (exact) mass is 463 g/mol. The van der Waals surface area contributed by atoms with Crippen molar-refractivity contribution in [3.63, 3.8) is 0 Å². The second-order valence-electron chi connectivity index (χ2n) is 7.05.